The predicted octanol–water partition coefficient (Wildman–Crippen LogP) is 14.6. The Morgan fingerprint density at radius 2 is 0.821 bits per heavy atom. The van der Waals surface area contributed by atoms with Gasteiger partial charge >= 0.3 is 5.97 Å². The lowest BCUT2D eigenvalue weighted by Crippen LogP contribution is -2.45. The molecule has 0 aliphatic carbocycles. The van der Waals surface area contributed by atoms with Gasteiger partial charge in [0, 0.05) is 12.8 Å². The van der Waals surface area contributed by atoms with Crippen molar-refractivity contribution in [3.8, 4) is 0 Å². The molecule has 0 saturated heterocycles. The highest BCUT2D eigenvalue weighted by Gasteiger charge is 2.18. The quantitative estimate of drug-likeness (QED) is 0.0324. The van der Waals surface area contributed by atoms with E-state index in [0.29, 0.717) is 19.4 Å². The van der Waals surface area contributed by atoms with Crippen molar-refractivity contribution in [2.45, 2.75) is 283 Å². The largest absolute Gasteiger partial charge is 0.466 e. The maximum Gasteiger partial charge on any atom is 0.305 e. The van der Waals surface area contributed by atoms with E-state index in [-0.39, 0.29) is 18.5 Å². The van der Waals surface area contributed by atoms with E-state index in [1.807, 2.05) is 6.08 Å². The Bertz CT molecular complexity index is 832. The molecular weight excluding hydrogens is 695 g/mol. The Labute approximate surface area is 349 Å². The molecule has 2 unspecified atom stereocenters. The van der Waals surface area contributed by atoms with E-state index in [1.54, 1.807) is 6.08 Å². The van der Waals surface area contributed by atoms with Crippen LogP contribution < -0.4 is 5.32 Å². The molecule has 3 N–H and O–H groups in total. The van der Waals surface area contributed by atoms with Crippen LogP contribution in [0.25, 0.3) is 0 Å². The Morgan fingerprint density at radius 3 is 1.21 bits per heavy atom. The van der Waals surface area contributed by atoms with Crippen molar-refractivity contribution in [2.75, 3.05) is 13.2 Å². The van der Waals surface area contributed by atoms with Gasteiger partial charge in [0.1, 0.15) is 0 Å². The van der Waals surface area contributed by atoms with Crippen LogP contribution in [0.4, 0.5) is 0 Å². The van der Waals surface area contributed by atoms with Crippen molar-refractivity contribution < 1.29 is 24.5 Å². The number of aliphatic hydroxyl groups is 2. The van der Waals surface area contributed by atoms with Crippen LogP contribution in [-0.2, 0) is 14.3 Å². The number of rotatable bonds is 46. The minimum absolute atomic E-state index is 0.00717. The first-order chi connectivity index (χ1) is 27.5. The maximum absolute atomic E-state index is 12.4. The van der Waals surface area contributed by atoms with Gasteiger partial charge in [0.05, 0.1) is 25.4 Å². The summed E-state index contributed by atoms with van der Waals surface area (Å²) in [6.07, 6.45) is 52.0. The first-order valence-corrected chi connectivity index (χ1v) is 25.0. The summed E-state index contributed by atoms with van der Waals surface area (Å²) in [4.78, 5) is 24.4. The predicted molar refractivity (Wildman–Crippen MR) is 241 cm³/mol. The lowest BCUT2D eigenvalue weighted by molar-refractivity contribution is -0.143. The first-order valence-electron chi connectivity index (χ1n) is 25.0. The van der Waals surface area contributed by atoms with E-state index < -0.39 is 12.1 Å². The molecule has 0 rings (SSSR count). The summed E-state index contributed by atoms with van der Waals surface area (Å²) in [7, 11) is 0. The minimum atomic E-state index is -0.851. The minimum Gasteiger partial charge on any atom is -0.466 e. The summed E-state index contributed by atoms with van der Waals surface area (Å²) in [5, 5.41) is 23.0. The van der Waals surface area contributed by atoms with Crippen LogP contribution in [0.5, 0.6) is 0 Å². The number of esters is 1. The van der Waals surface area contributed by atoms with Crippen LogP contribution in [-0.4, -0.2) is 47.4 Å². The molecule has 0 aliphatic heterocycles. The number of aliphatic hydroxyl groups excluding tert-OH is 2. The molecule has 0 aromatic rings. The molecule has 0 aromatic carbocycles. The van der Waals surface area contributed by atoms with Crippen molar-refractivity contribution >= 4 is 11.9 Å². The van der Waals surface area contributed by atoms with Gasteiger partial charge in [-0.15, -0.1) is 0 Å². The second-order valence-corrected chi connectivity index (χ2v) is 17.2. The molecule has 6 heteroatoms. The zero-order valence-electron chi connectivity index (χ0n) is 37.6. The van der Waals surface area contributed by atoms with Gasteiger partial charge in [-0.2, -0.15) is 0 Å². The van der Waals surface area contributed by atoms with Gasteiger partial charge < -0.3 is 20.3 Å². The molecular formula is C50H97NO5. The lowest BCUT2D eigenvalue weighted by Gasteiger charge is -2.20. The SMILES string of the molecule is CCCCCCCCCCCCCCC/C=C/C(O)C(CO)NC(=O)CCCCCCCCCCCCCCCOC(=O)CCCCCCCCCCCCC. The standard InChI is InChI=1S/C50H97NO5/c1-3-5-7-9-11-13-15-16-17-19-23-26-30-34-38-42-48(53)47(46-52)51-49(54)43-39-35-31-27-24-20-18-21-25-29-33-37-41-45-56-50(55)44-40-36-32-28-22-14-12-10-8-6-4-2/h38,42,47-48,52-53H,3-37,39-41,43-46H2,1-2H3,(H,51,54)/b42-38+. The van der Waals surface area contributed by atoms with Crippen LogP contribution in [0.3, 0.4) is 0 Å². The van der Waals surface area contributed by atoms with Crippen molar-refractivity contribution in [1.29, 1.82) is 0 Å². The van der Waals surface area contributed by atoms with Gasteiger partial charge in [0.25, 0.3) is 0 Å². The van der Waals surface area contributed by atoms with Crippen LogP contribution >= 0.6 is 0 Å². The number of carbonyl (C=O) groups is 2. The molecule has 0 saturated carbocycles. The van der Waals surface area contributed by atoms with E-state index in [9.17, 15) is 19.8 Å². The third kappa shape index (κ3) is 42.2. The Morgan fingerprint density at radius 1 is 0.482 bits per heavy atom. The summed E-state index contributed by atoms with van der Waals surface area (Å²) in [5.41, 5.74) is 0. The van der Waals surface area contributed by atoms with Crippen LogP contribution in [0.15, 0.2) is 12.2 Å². The Balaban J connectivity index is 3.49. The molecule has 0 radical (unpaired) electrons. The molecule has 56 heavy (non-hydrogen) atoms. The number of unbranched alkanes of at least 4 members (excludes halogenated alkanes) is 35. The second kappa shape index (κ2) is 46.3. The van der Waals surface area contributed by atoms with Gasteiger partial charge in [-0.25, -0.2) is 0 Å². The van der Waals surface area contributed by atoms with Gasteiger partial charge in [0.15, 0.2) is 0 Å². The number of amides is 1. The number of nitrogens with one attached hydrogen (secondary N) is 1. The molecule has 1 amide bonds. The number of hydrogen-bond donors (Lipinski definition) is 3. The highest BCUT2D eigenvalue weighted by atomic mass is 16.5. The molecule has 6 nitrogen and oxygen atoms in total. The van der Waals surface area contributed by atoms with Gasteiger partial charge in [0.2, 0.25) is 5.91 Å². The first kappa shape index (κ1) is 54.6. The fourth-order valence-corrected chi connectivity index (χ4v) is 7.69. The Hall–Kier alpha value is -1.40. The Kier molecular flexibility index (Phi) is 45.1. The summed E-state index contributed by atoms with van der Waals surface area (Å²) >= 11 is 0. The molecule has 0 fully saturated rings. The third-order valence-corrected chi connectivity index (χ3v) is 11.6. The highest BCUT2D eigenvalue weighted by Crippen LogP contribution is 2.16. The summed E-state index contributed by atoms with van der Waals surface area (Å²) in [6.45, 7) is 4.87. The zero-order valence-corrected chi connectivity index (χ0v) is 37.6. The highest BCUT2D eigenvalue weighted by molar-refractivity contribution is 5.76. The van der Waals surface area contributed by atoms with Gasteiger partial charge in [-0.05, 0) is 32.1 Å². The fraction of sp³-hybridized carbons (Fsp3) is 0.920. The molecule has 0 heterocycles. The monoisotopic (exact) mass is 792 g/mol. The normalized spacial score (nSPS) is 12.7. The summed E-state index contributed by atoms with van der Waals surface area (Å²) in [5.74, 6) is -0.0870. The summed E-state index contributed by atoms with van der Waals surface area (Å²) < 4.78 is 5.44. The number of ether oxygens (including phenoxy) is 1. The van der Waals surface area contributed by atoms with E-state index >= 15 is 0 Å². The average Bonchev–Trinajstić information content (AvgIpc) is 3.20. The maximum atomic E-state index is 12.4. The van der Waals surface area contributed by atoms with E-state index in [2.05, 4.69) is 19.2 Å². The number of hydrogen-bond acceptors (Lipinski definition) is 5. The van der Waals surface area contributed by atoms with E-state index in [1.165, 1.54) is 186 Å². The molecule has 2 atom stereocenters. The molecule has 0 aliphatic rings. The molecule has 0 spiro atoms. The van der Waals surface area contributed by atoms with Crippen molar-refractivity contribution in [2.24, 2.45) is 0 Å². The van der Waals surface area contributed by atoms with Crippen LogP contribution in [0, 0.1) is 0 Å². The summed E-state index contributed by atoms with van der Waals surface area (Å²) in [6, 6.07) is -0.635. The van der Waals surface area contributed by atoms with Crippen LogP contribution in [0.2, 0.25) is 0 Å². The molecule has 0 bridgehead atoms. The van der Waals surface area contributed by atoms with Gasteiger partial charge in [-0.3, -0.25) is 9.59 Å². The molecule has 0 aromatic heterocycles. The average molecular weight is 792 g/mol. The smallest absolute Gasteiger partial charge is 0.305 e. The number of carbonyl (C=O) groups excluding carboxylic acids is 2. The number of allylic oxidation sites excluding steroid dienone is 1. The lowest BCUT2D eigenvalue weighted by atomic mass is 10.0. The van der Waals surface area contributed by atoms with E-state index in [0.717, 1.165) is 57.8 Å². The second-order valence-electron chi connectivity index (χ2n) is 17.2. The third-order valence-electron chi connectivity index (χ3n) is 11.6. The van der Waals surface area contributed by atoms with E-state index in [4.69, 9.17) is 4.74 Å². The topological polar surface area (TPSA) is 95.9 Å². The fourth-order valence-electron chi connectivity index (χ4n) is 7.69. The van der Waals surface area contributed by atoms with Crippen molar-refractivity contribution in [1.82, 2.24) is 5.32 Å². The van der Waals surface area contributed by atoms with Gasteiger partial charge in [-0.1, -0.05) is 238 Å². The molecule has 332 valence electrons. The van der Waals surface area contributed by atoms with Crippen molar-refractivity contribution in [3.05, 3.63) is 12.2 Å². The van der Waals surface area contributed by atoms with Crippen molar-refractivity contribution in [3.63, 3.8) is 0 Å². The zero-order chi connectivity index (χ0) is 40.8. The van der Waals surface area contributed by atoms with Crippen LogP contribution in [0.1, 0.15) is 271 Å².